The van der Waals surface area contributed by atoms with Gasteiger partial charge in [-0.2, -0.15) is 5.10 Å². The van der Waals surface area contributed by atoms with E-state index in [9.17, 15) is 19.2 Å². The Hall–Kier alpha value is -3.89. The highest BCUT2D eigenvalue weighted by atomic mass is 16.2. The van der Waals surface area contributed by atoms with Gasteiger partial charge in [0.05, 0.1) is 0 Å². The zero-order valence-electron chi connectivity index (χ0n) is 25.9. The van der Waals surface area contributed by atoms with Crippen LogP contribution in [0.1, 0.15) is 83.6 Å². The normalized spacial score (nSPS) is 20.2. The molecule has 5 amide bonds. The van der Waals surface area contributed by atoms with E-state index >= 15 is 0 Å². The summed E-state index contributed by atoms with van der Waals surface area (Å²) in [6.07, 6.45) is 4.63. The molecule has 2 aromatic rings. The average Bonchev–Trinajstić information content (AvgIpc) is 3.55. The molecule has 1 aliphatic carbocycles. The Labute approximate surface area is 253 Å². The molecule has 2 N–H and O–H groups in total. The second-order valence-electron chi connectivity index (χ2n) is 12.5. The van der Waals surface area contributed by atoms with Crippen LogP contribution in [-0.4, -0.2) is 88.6 Å². The number of hydrogen-bond donors (Lipinski definition) is 2. The van der Waals surface area contributed by atoms with E-state index < -0.39 is 0 Å². The number of carbonyl (C=O) groups excluding carboxylic acids is 4. The number of amides is 5. The molecular weight excluding hydrogens is 546 g/mol. The molecular formula is C32H45N7O4. The molecule has 0 radical (unpaired) electrons. The number of hydrogen-bond acceptors (Lipinski definition) is 5. The molecule has 1 atom stereocenters. The van der Waals surface area contributed by atoms with E-state index in [1.54, 1.807) is 21.9 Å². The van der Waals surface area contributed by atoms with Crippen LogP contribution in [0.25, 0.3) is 0 Å². The summed E-state index contributed by atoms with van der Waals surface area (Å²) in [4.78, 5) is 58.6. The van der Waals surface area contributed by atoms with Crippen molar-refractivity contribution < 1.29 is 19.2 Å². The van der Waals surface area contributed by atoms with Crippen molar-refractivity contribution in [2.24, 2.45) is 13.0 Å². The van der Waals surface area contributed by atoms with Crippen LogP contribution in [-0.2, 0) is 24.7 Å². The fourth-order valence-electron chi connectivity index (χ4n) is 6.48. The van der Waals surface area contributed by atoms with Gasteiger partial charge in [0, 0.05) is 81.3 Å². The van der Waals surface area contributed by atoms with Gasteiger partial charge in [-0.1, -0.05) is 19.9 Å². The number of fused-ring (bicyclic) bond motifs is 1. The number of aromatic nitrogens is 2. The van der Waals surface area contributed by atoms with Crippen molar-refractivity contribution in [2.45, 2.75) is 71.8 Å². The zero-order chi connectivity index (χ0) is 30.7. The first-order valence-electron chi connectivity index (χ1n) is 15.7. The minimum atomic E-state index is -0.211. The Bertz CT molecular complexity index is 1380. The number of anilines is 1. The molecule has 43 heavy (non-hydrogen) atoms. The topological polar surface area (TPSA) is 120 Å². The molecule has 0 saturated carbocycles. The molecule has 1 aromatic carbocycles. The van der Waals surface area contributed by atoms with Gasteiger partial charge in [0.1, 0.15) is 0 Å². The zero-order valence-corrected chi connectivity index (χ0v) is 25.9. The largest absolute Gasteiger partial charge is 0.351 e. The lowest BCUT2D eigenvalue weighted by Crippen LogP contribution is -2.45. The summed E-state index contributed by atoms with van der Waals surface area (Å²) in [6.45, 7) is 9.32. The molecule has 5 rings (SSSR count). The number of rotatable bonds is 5. The fourth-order valence-corrected chi connectivity index (χ4v) is 6.48. The van der Waals surface area contributed by atoms with Gasteiger partial charge in [-0.3, -0.25) is 24.0 Å². The van der Waals surface area contributed by atoms with Crippen molar-refractivity contribution in [3.05, 3.63) is 46.3 Å². The Morgan fingerprint density at radius 3 is 2.58 bits per heavy atom. The van der Waals surface area contributed by atoms with Gasteiger partial charge in [-0.25, -0.2) is 4.79 Å². The molecule has 3 aliphatic rings. The minimum Gasteiger partial charge on any atom is -0.351 e. The molecule has 1 saturated heterocycles. The van der Waals surface area contributed by atoms with Crippen LogP contribution in [0.2, 0.25) is 0 Å². The van der Waals surface area contributed by atoms with E-state index in [1.807, 2.05) is 29.6 Å². The van der Waals surface area contributed by atoms with Crippen LogP contribution in [0.15, 0.2) is 18.2 Å². The summed E-state index contributed by atoms with van der Waals surface area (Å²) in [6, 6.07) is 5.32. The number of nitrogens with one attached hydrogen (secondary N) is 2. The Morgan fingerprint density at radius 2 is 1.84 bits per heavy atom. The summed E-state index contributed by atoms with van der Waals surface area (Å²) in [5.74, 6) is 0.205. The highest BCUT2D eigenvalue weighted by molar-refractivity contribution is 5.99. The third-order valence-electron chi connectivity index (χ3n) is 8.95. The third kappa shape index (κ3) is 6.70. The van der Waals surface area contributed by atoms with Gasteiger partial charge >= 0.3 is 6.03 Å². The summed E-state index contributed by atoms with van der Waals surface area (Å²) in [7, 11) is 1.88. The molecule has 1 fully saturated rings. The fraction of sp³-hybridized carbons (Fsp3) is 0.594. The summed E-state index contributed by atoms with van der Waals surface area (Å²) in [5, 5.41) is 10.4. The molecule has 2 aliphatic heterocycles. The van der Waals surface area contributed by atoms with Crippen LogP contribution in [0.5, 0.6) is 0 Å². The number of benzene rings is 1. The van der Waals surface area contributed by atoms with Crippen molar-refractivity contribution in [3.63, 3.8) is 0 Å². The first kappa shape index (κ1) is 30.6. The van der Waals surface area contributed by atoms with Crippen molar-refractivity contribution >= 4 is 29.4 Å². The predicted octanol–water partition coefficient (Wildman–Crippen LogP) is 3.05. The molecule has 3 heterocycles. The SMILES string of the molecule is Cc1ccc(C(=O)N2CCCNC(=O)c3nn(C)c4c3CC(CC4)N(CCC(C)C)C(=O)CCC2)cc1N1CCNC1=O. The average molecular weight is 592 g/mol. The summed E-state index contributed by atoms with van der Waals surface area (Å²) in [5.41, 5.74) is 4.62. The molecule has 1 aromatic heterocycles. The molecule has 11 heteroatoms. The molecule has 11 nitrogen and oxygen atoms in total. The molecule has 2 bridgehead atoms. The van der Waals surface area contributed by atoms with Gasteiger partial charge < -0.3 is 20.4 Å². The number of aryl methyl sites for hydroxylation is 2. The lowest BCUT2D eigenvalue weighted by molar-refractivity contribution is -0.134. The molecule has 232 valence electrons. The third-order valence-corrected chi connectivity index (χ3v) is 8.95. The van der Waals surface area contributed by atoms with Gasteiger partial charge in [0.2, 0.25) is 5.91 Å². The first-order valence-corrected chi connectivity index (χ1v) is 15.7. The first-order chi connectivity index (χ1) is 20.6. The maximum atomic E-state index is 13.8. The monoisotopic (exact) mass is 591 g/mol. The van der Waals surface area contributed by atoms with Crippen LogP contribution in [0.4, 0.5) is 10.5 Å². The highest BCUT2D eigenvalue weighted by Crippen LogP contribution is 2.29. The van der Waals surface area contributed by atoms with E-state index in [0.29, 0.717) is 82.1 Å². The van der Waals surface area contributed by atoms with Gasteiger partial charge in [-0.05, 0) is 69.1 Å². The lowest BCUT2D eigenvalue weighted by atomic mass is 9.89. The minimum absolute atomic E-state index is 0.0196. The van der Waals surface area contributed by atoms with Crippen molar-refractivity contribution in [3.8, 4) is 0 Å². The van der Waals surface area contributed by atoms with Crippen molar-refractivity contribution in [2.75, 3.05) is 44.2 Å². The summed E-state index contributed by atoms with van der Waals surface area (Å²) < 4.78 is 1.81. The van der Waals surface area contributed by atoms with Crippen molar-refractivity contribution in [1.82, 2.24) is 30.2 Å². The predicted molar refractivity (Wildman–Crippen MR) is 164 cm³/mol. The van der Waals surface area contributed by atoms with Crippen LogP contribution in [0, 0.1) is 12.8 Å². The second kappa shape index (κ2) is 13.2. The molecule has 1 unspecified atom stereocenters. The summed E-state index contributed by atoms with van der Waals surface area (Å²) >= 11 is 0. The number of urea groups is 1. The van der Waals surface area contributed by atoms with Crippen LogP contribution < -0.4 is 15.5 Å². The van der Waals surface area contributed by atoms with Gasteiger partial charge in [0.25, 0.3) is 11.8 Å². The van der Waals surface area contributed by atoms with Crippen molar-refractivity contribution in [1.29, 1.82) is 0 Å². The number of nitrogens with zero attached hydrogens (tertiary/aromatic N) is 5. The Kier molecular flexibility index (Phi) is 9.37. The van der Waals surface area contributed by atoms with E-state index in [1.165, 1.54) is 0 Å². The second-order valence-corrected chi connectivity index (χ2v) is 12.5. The van der Waals surface area contributed by atoms with Gasteiger partial charge in [0.15, 0.2) is 5.69 Å². The smallest absolute Gasteiger partial charge is 0.322 e. The highest BCUT2D eigenvalue weighted by Gasteiger charge is 2.33. The van der Waals surface area contributed by atoms with E-state index in [2.05, 4.69) is 29.6 Å². The van der Waals surface area contributed by atoms with E-state index in [4.69, 9.17) is 0 Å². The number of carbonyl (C=O) groups is 4. The van der Waals surface area contributed by atoms with E-state index in [0.717, 1.165) is 41.8 Å². The van der Waals surface area contributed by atoms with Gasteiger partial charge in [-0.15, -0.1) is 0 Å². The standard InChI is InChI=1S/C32H45N7O4/c1-21(2)12-17-38-24-10-11-26-25(20-24)29(35-36(26)4)30(41)33-13-6-16-37(15-5-7-28(38)40)31(42)23-9-8-22(3)27(19-23)39-18-14-34-32(39)43/h8-9,19,21,24H,5-7,10-18,20H2,1-4H3,(H,33,41)(H,34,43). The maximum Gasteiger partial charge on any atom is 0.322 e. The lowest BCUT2D eigenvalue weighted by Gasteiger charge is -2.35. The Morgan fingerprint density at radius 1 is 1.05 bits per heavy atom. The molecule has 0 spiro atoms. The maximum absolute atomic E-state index is 13.8. The van der Waals surface area contributed by atoms with Crippen LogP contribution >= 0.6 is 0 Å². The van der Waals surface area contributed by atoms with E-state index in [-0.39, 0.29) is 29.8 Å². The quantitative estimate of drug-likeness (QED) is 0.554. The Balaban J connectivity index is 1.38. The van der Waals surface area contributed by atoms with Crippen LogP contribution in [0.3, 0.4) is 0 Å².